The Balaban J connectivity index is 2.31. The van der Waals surface area contributed by atoms with Gasteiger partial charge in [-0.15, -0.1) is 0 Å². The maximum Gasteiger partial charge on any atom is 0.337 e. The van der Waals surface area contributed by atoms with Gasteiger partial charge >= 0.3 is 5.97 Å². The summed E-state index contributed by atoms with van der Waals surface area (Å²) in [5, 5.41) is 13.9. The Morgan fingerprint density at radius 3 is 2.54 bits per heavy atom. The van der Waals surface area contributed by atoms with Crippen LogP contribution in [0.3, 0.4) is 0 Å². The van der Waals surface area contributed by atoms with E-state index in [-0.39, 0.29) is 6.61 Å². The third-order valence-electron chi connectivity index (χ3n) is 4.51. The van der Waals surface area contributed by atoms with E-state index in [0.717, 1.165) is 5.56 Å². The van der Waals surface area contributed by atoms with Crippen LogP contribution in [0.15, 0.2) is 65.4 Å². The van der Waals surface area contributed by atoms with Gasteiger partial charge in [0.2, 0.25) is 0 Å². The molecule has 1 unspecified atom stereocenters. The number of hydrogen-bond donors (Lipinski definition) is 1. The standard InChI is InChI=1S/C22H18Cl2N2O2/c1-3-28-22(27)20-19(16-10-9-15(23)11-18(16)24)17(12-25)13(2)26-21(20)14-7-5-4-6-8-14/h4-11,19,26H,3H2,1-2H3. The van der Waals surface area contributed by atoms with Crippen LogP contribution < -0.4 is 5.32 Å². The number of carbonyl (C=O) groups excluding carboxylic acids is 1. The smallest absolute Gasteiger partial charge is 0.337 e. The quantitative estimate of drug-likeness (QED) is 0.677. The molecule has 6 heteroatoms. The number of nitrogens with zero attached hydrogens (tertiary/aromatic N) is 1. The first-order chi connectivity index (χ1) is 13.5. The molecule has 4 nitrogen and oxygen atoms in total. The highest BCUT2D eigenvalue weighted by molar-refractivity contribution is 6.35. The van der Waals surface area contributed by atoms with Crippen LogP contribution in [0.1, 0.15) is 30.9 Å². The molecule has 1 aliphatic heterocycles. The van der Waals surface area contributed by atoms with Crippen molar-refractivity contribution in [2.24, 2.45) is 0 Å². The molecule has 0 aliphatic carbocycles. The molecule has 0 fully saturated rings. The summed E-state index contributed by atoms with van der Waals surface area (Å²) < 4.78 is 5.34. The summed E-state index contributed by atoms with van der Waals surface area (Å²) in [7, 11) is 0. The zero-order valence-corrected chi connectivity index (χ0v) is 16.9. The molecular weight excluding hydrogens is 395 g/mol. The number of hydrogen-bond acceptors (Lipinski definition) is 4. The Morgan fingerprint density at radius 2 is 1.93 bits per heavy atom. The molecule has 0 amide bonds. The topological polar surface area (TPSA) is 62.1 Å². The maximum absolute atomic E-state index is 13.0. The van der Waals surface area contributed by atoms with E-state index in [1.807, 2.05) is 30.3 Å². The summed E-state index contributed by atoms with van der Waals surface area (Å²) in [6.45, 7) is 3.77. The summed E-state index contributed by atoms with van der Waals surface area (Å²) in [6, 6.07) is 16.7. The predicted octanol–water partition coefficient (Wildman–Crippen LogP) is 5.45. The number of nitrogens with one attached hydrogen (secondary N) is 1. The lowest BCUT2D eigenvalue weighted by molar-refractivity contribution is -0.138. The van der Waals surface area contributed by atoms with Crippen LogP contribution in [-0.4, -0.2) is 12.6 Å². The number of rotatable bonds is 4. The van der Waals surface area contributed by atoms with Crippen LogP contribution in [-0.2, 0) is 9.53 Å². The summed E-state index contributed by atoms with van der Waals surface area (Å²) in [5.74, 6) is -1.16. The highest BCUT2D eigenvalue weighted by Crippen LogP contribution is 2.43. The number of allylic oxidation sites excluding steroid dienone is 2. The minimum absolute atomic E-state index is 0.218. The van der Waals surface area contributed by atoms with Crippen LogP contribution in [0, 0.1) is 11.3 Å². The minimum atomic E-state index is -0.662. The molecule has 2 aromatic carbocycles. The van der Waals surface area contributed by atoms with Crippen molar-refractivity contribution in [1.82, 2.24) is 5.32 Å². The average Bonchev–Trinajstić information content (AvgIpc) is 2.68. The zero-order valence-electron chi connectivity index (χ0n) is 15.4. The lowest BCUT2D eigenvalue weighted by Gasteiger charge is -2.30. The summed E-state index contributed by atoms with van der Waals surface area (Å²) in [4.78, 5) is 13.0. The van der Waals surface area contributed by atoms with Gasteiger partial charge in [-0.05, 0) is 37.1 Å². The zero-order chi connectivity index (χ0) is 20.3. The average molecular weight is 413 g/mol. The van der Waals surface area contributed by atoms with Gasteiger partial charge in [0.15, 0.2) is 0 Å². The number of nitriles is 1. The second-order valence-corrected chi connectivity index (χ2v) is 7.09. The van der Waals surface area contributed by atoms with E-state index >= 15 is 0 Å². The lowest BCUT2D eigenvalue weighted by Crippen LogP contribution is -2.29. The minimum Gasteiger partial charge on any atom is -0.463 e. The number of ether oxygens (including phenoxy) is 1. The SMILES string of the molecule is CCOC(=O)C1=C(c2ccccc2)NC(C)=C(C#N)C1c1ccc(Cl)cc1Cl. The highest BCUT2D eigenvalue weighted by atomic mass is 35.5. The van der Waals surface area contributed by atoms with Crippen molar-refractivity contribution in [2.45, 2.75) is 19.8 Å². The van der Waals surface area contributed by atoms with Gasteiger partial charge in [0.1, 0.15) is 0 Å². The van der Waals surface area contributed by atoms with Crippen LogP contribution >= 0.6 is 23.2 Å². The Morgan fingerprint density at radius 1 is 1.21 bits per heavy atom. The van der Waals surface area contributed by atoms with E-state index in [2.05, 4.69) is 11.4 Å². The second-order valence-electron chi connectivity index (χ2n) is 6.25. The summed E-state index contributed by atoms with van der Waals surface area (Å²) in [6.07, 6.45) is 0. The Bertz CT molecular complexity index is 1020. The monoisotopic (exact) mass is 412 g/mol. The fourth-order valence-electron chi connectivity index (χ4n) is 3.28. The molecule has 1 atom stereocenters. The first-order valence-electron chi connectivity index (χ1n) is 8.77. The molecule has 0 bridgehead atoms. The van der Waals surface area contributed by atoms with Gasteiger partial charge in [0.25, 0.3) is 0 Å². The van der Waals surface area contributed by atoms with Gasteiger partial charge < -0.3 is 10.1 Å². The van der Waals surface area contributed by atoms with Gasteiger partial charge in [-0.3, -0.25) is 0 Å². The number of halogens is 2. The number of benzene rings is 2. The number of dihydropyridines is 1. The first-order valence-corrected chi connectivity index (χ1v) is 9.53. The van der Waals surface area contributed by atoms with Crippen molar-refractivity contribution in [2.75, 3.05) is 6.61 Å². The van der Waals surface area contributed by atoms with Crippen molar-refractivity contribution in [3.8, 4) is 6.07 Å². The van der Waals surface area contributed by atoms with E-state index in [1.54, 1.807) is 32.0 Å². The van der Waals surface area contributed by atoms with Gasteiger partial charge in [-0.1, -0.05) is 59.6 Å². The van der Waals surface area contributed by atoms with E-state index in [9.17, 15) is 10.1 Å². The van der Waals surface area contributed by atoms with Gasteiger partial charge in [-0.25, -0.2) is 4.79 Å². The molecule has 3 rings (SSSR count). The molecule has 1 N–H and O–H groups in total. The molecular formula is C22H18Cl2N2O2. The van der Waals surface area contributed by atoms with E-state index < -0.39 is 11.9 Å². The van der Waals surface area contributed by atoms with Crippen molar-refractivity contribution >= 4 is 34.9 Å². The lowest BCUT2D eigenvalue weighted by atomic mass is 9.79. The van der Waals surface area contributed by atoms with Crippen molar-refractivity contribution in [1.29, 1.82) is 5.26 Å². The molecule has 0 saturated carbocycles. The third-order valence-corrected chi connectivity index (χ3v) is 5.08. The maximum atomic E-state index is 13.0. The third kappa shape index (κ3) is 3.77. The normalized spacial score (nSPS) is 16.5. The van der Waals surface area contributed by atoms with Crippen molar-refractivity contribution < 1.29 is 9.53 Å². The molecule has 1 aliphatic rings. The van der Waals surface area contributed by atoms with Crippen LogP contribution in [0.4, 0.5) is 0 Å². The summed E-state index contributed by atoms with van der Waals surface area (Å²) >= 11 is 12.5. The van der Waals surface area contributed by atoms with Crippen molar-refractivity contribution in [3.05, 3.63) is 86.5 Å². The Labute approximate surface area is 174 Å². The van der Waals surface area contributed by atoms with E-state index in [0.29, 0.717) is 38.1 Å². The predicted molar refractivity (Wildman–Crippen MR) is 111 cm³/mol. The van der Waals surface area contributed by atoms with Gasteiger partial charge in [-0.2, -0.15) is 5.26 Å². The first kappa shape index (κ1) is 20.0. The van der Waals surface area contributed by atoms with Crippen molar-refractivity contribution in [3.63, 3.8) is 0 Å². The summed E-state index contributed by atoms with van der Waals surface area (Å²) in [5.41, 5.74) is 3.46. The second kappa shape index (κ2) is 8.52. The molecule has 0 spiro atoms. The Hall–Kier alpha value is -2.74. The largest absolute Gasteiger partial charge is 0.463 e. The fourth-order valence-corrected chi connectivity index (χ4v) is 3.80. The van der Waals surface area contributed by atoms with Gasteiger partial charge in [0, 0.05) is 15.7 Å². The molecule has 0 saturated heterocycles. The van der Waals surface area contributed by atoms with E-state index in [4.69, 9.17) is 27.9 Å². The molecule has 28 heavy (non-hydrogen) atoms. The van der Waals surface area contributed by atoms with Crippen LogP contribution in [0.25, 0.3) is 5.70 Å². The Kier molecular flexibility index (Phi) is 6.08. The van der Waals surface area contributed by atoms with E-state index in [1.165, 1.54) is 0 Å². The molecule has 142 valence electrons. The molecule has 2 aromatic rings. The molecule has 0 radical (unpaired) electrons. The molecule has 1 heterocycles. The fraction of sp³-hybridized carbons (Fsp3) is 0.182. The van der Waals surface area contributed by atoms with Gasteiger partial charge in [0.05, 0.1) is 35.4 Å². The number of carbonyl (C=O) groups is 1. The van der Waals surface area contributed by atoms with Crippen LogP contribution in [0.2, 0.25) is 10.0 Å². The highest BCUT2D eigenvalue weighted by Gasteiger charge is 2.37. The number of esters is 1. The molecule has 0 aromatic heterocycles. The van der Waals surface area contributed by atoms with Crippen LogP contribution in [0.5, 0.6) is 0 Å².